The van der Waals surface area contributed by atoms with Gasteiger partial charge in [-0.2, -0.15) is 0 Å². The lowest BCUT2D eigenvalue weighted by atomic mass is 10.0. The lowest BCUT2D eigenvalue weighted by molar-refractivity contribution is 0.0943. The predicted octanol–water partition coefficient (Wildman–Crippen LogP) is 3.43. The van der Waals surface area contributed by atoms with E-state index in [9.17, 15) is 14.0 Å². The van der Waals surface area contributed by atoms with E-state index in [1.807, 2.05) is 24.3 Å². The number of hydrogen-bond acceptors (Lipinski definition) is 5. The minimum Gasteiger partial charge on any atom is -0.395 e. The van der Waals surface area contributed by atoms with Crippen molar-refractivity contribution < 1.29 is 19.1 Å². The number of benzene rings is 2. The van der Waals surface area contributed by atoms with Crippen molar-refractivity contribution >= 4 is 23.2 Å². The monoisotopic (exact) mass is 433 g/mol. The predicted molar refractivity (Wildman–Crippen MR) is 120 cm³/mol. The van der Waals surface area contributed by atoms with E-state index >= 15 is 0 Å². The van der Waals surface area contributed by atoms with Crippen LogP contribution in [0, 0.1) is 5.82 Å². The Labute approximate surface area is 185 Å². The van der Waals surface area contributed by atoms with Crippen LogP contribution >= 0.6 is 0 Å². The van der Waals surface area contributed by atoms with Gasteiger partial charge >= 0.3 is 0 Å². The van der Waals surface area contributed by atoms with Gasteiger partial charge in [-0.25, -0.2) is 9.37 Å². The van der Waals surface area contributed by atoms with E-state index in [2.05, 4.69) is 15.2 Å². The minimum absolute atomic E-state index is 0.0947. The number of hydrogen-bond donors (Lipinski definition) is 2. The Morgan fingerprint density at radius 3 is 2.72 bits per heavy atom. The number of aliphatic hydroxyl groups is 1. The fourth-order valence-electron chi connectivity index (χ4n) is 4.06. The standard InChI is InChI=1S/C25H24FN3O3/c1-16(31)21-14-17(5-6-22(21)26)13-18-7-9-27-24(15-18)29-11-8-19-20(3-2-4-23(19)29)25(32)28-10-12-30/h2-7,9,14-15,30H,8,10-13H2,1H3,(H,28,32). The molecule has 164 valence electrons. The highest BCUT2D eigenvalue weighted by Gasteiger charge is 2.26. The van der Waals surface area contributed by atoms with Crippen molar-refractivity contribution in [2.24, 2.45) is 0 Å². The number of carbonyl (C=O) groups is 2. The second-order valence-corrected chi connectivity index (χ2v) is 7.75. The van der Waals surface area contributed by atoms with Crippen molar-refractivity contribution in [2.45, 2.75) is 19.8 Å². The lowest BCUT2D eigenvalue weighted by Gasteiger charge is -2.19. The second kappa shape index (κ2) is 9.28. The zero-order chi connectivity index (χ0) is 22.7. The third kappa shape index (κ3) is 4.38. The average Bonchev–Trinajstić information content (AvgIpc) is 3.23. The van der Waals surface area contributed by atoms with Crippen LogP contribution in [0.25, 0.3) is 0 Å². The van der Waals surface area contributed by atoms with E-state index in [1.54, 1.807) is 24.4 Å². The second-order valence-electron chi connectivity index (χ2n) is 7.75. The van der Waals surface area contributed by atoms with Gasteiger partial charge < -0.3 is 15.3 Å². The van der Waals surface area contributed by atoms with Gasteiger partial charge in [0.2, 0.25) is 0 Å². The summed E-state index contributed by atoms with van der Waals surface area (Å²) in [6.45, 7) is 2.16. The molecule has 1 amide bonds. The number of fused-ring (bicyclic) bond motifs is 1. The van der Waals surface area contributed by atoms with E-state index in [1.165, 1.54) is 13.0 Å². The minimum atomic E-state index is -0.510. The van der Waals surface area contributed by atoms with Crippen molar-refractivity contribution in [2.75, 3.05) is 24.6 Å². The Kier molecular flexibility index (Phi) is 6.28. The number of pyridine rings is 1. The smallest absolute Gasteiger partial charge is 0.251 e. The Morgan fingerprint density at radius 1 is 1.12 bits per heavy atom. The molecular formula is C25H24FN3O3. The summed E-state index contributed by atoms with van der Waals surface area (Å²) >= 11 is 0. The van der Waals surface area contributed by atoms with Crippen LogP contribution in [0.2, 0.25) is 0 Å². The van der Waals surface area contributed by atoms with Gasteiger partial charge in [0.1, 0.15) is 11.6 Å². The summed E-state index contributed by atoms with van der Waals surface area (Å²) in [6, 6.07) is 14.1. The largest absolute Gasteiger partial charge is 0.395 e. The maximum Gasteiger partial charge on any atom is 0.251 e. The molecule has 4 rings (SSSR count). The van der Waals surface area contributed by atoms with Gasteiger partial charge in [-0.05, 0) is 72.9 Å². The van der Waals surface area contributed by atoms with Crippen LogP contribution in [0.5, 0.6) is 0 Å². The van der Waals surface area contributed by atoms with Crippen molar-refractivity contribution in [1.82, 2.24) is 10.3 Å². The highest BCUT2D eigenvalue weighted by Crippen LogP contribution is 2.35. The van der Waals surface area contributed by atoms with Gasteiger partial charge in [0.15, 0.2) is 5.78 Å². The molecule has 0 fully saturated rings. The first-order valence-electron chi connectivity index (χ1n) is 10.5. The molecule has 7 heteroatoms. The molecule has 2 heterocycles. The Bertz CT molecular complexity index is 1180. The van der Waals surface area contributed by atoms with Crippen molar-refractivity contribution in [3.05, 3.63) is 88.4 Å². The van der Waals surface area contributed by atoms with Gasteiger partial charge in [-0.15, -0.1) is 0 Å². The first-order chi connectivity index (χ1) is 15.5. The van der Waals surface area contributed by atoms with Gasteiger partial charge in [0.05, 0.1) is 12.2 Å². The maximum atomic E-state index is 13.8. The van der Waals surface area contributed by atoms with Crippen molar-refractivity contribution in [1.29, 1.82) is 0 Å². The topological polar surface area (TPSA) is 82.5 Å². The summed E-state index contributed by atoms with van der Waals surface area (Å²) in [5, 5.41) is 11.7. The number of halogens is 1. The number of ketones is 1. The molecule has 2 N–H and O–H groups in total. The van der Waals surface area contributed by atoms with Crippen LogP contribution in [0.15, 0.2) is 54.7 Å². The third-order valence-electron chi connectivity index (χ3n) is 5.57. The fraction of sp³-hybridized carbons (Fsp3) is 0.240. The number of aromatic nitrogens is 1. The quantitative estimate of drug-likeness (QED) is 0.558. The molecule has 1 aromatic heterocycles. The molecule has 32 heavy (non-hydrogen) atoms. The van der Waals surface area contributed by atoms with E-state index in [0.717, 1.165) is 28.2 Å². The number of nitrogens with one attached hydrogen (secondary N) is 1. The maximum absolute atomic E-state index is 13.8. The van der Waals surface area contributed by atoms with Crippen LogP contribution in [0.3, 0.4) is 0 Å². The highest BCUT2D eigenvalue weighted by molar-refractivity contribution is 5.98. The fourth-order valence-corrected chi connectivity index (χ4v) is 4.06. The van der Waals surface area contributed by atoms with Crippen LogP contribution < -0.4 is 10.2 Å². The molecule has 0 radical (unpaired) electrons. The summed E-state index contributed by atoms with van der Waals surface area (Å²) < 4.78 is 13.8. The first kappa shape index (κ1) is 21.6. The zero-order valence-electron chi connectivity index (χ0n) is 17.8. The average molecular weight is 433 g/mol. The molecule has 3 aromatic rings. The molecule has 1 aliphatic heterocycles. The Hall–Kier alpha value is -3.58. The molecule has 0 aliphatic carbocycles. The van der Waals surface area contributed by atoms with E-state index in [0.29, 0.717) is 24.9 Å². The van der Waals surface area contributed by atoms with Crippen molar-refractivity contribution in [3.8, 4) is 0 Å². The number of amides is 1. The number of anilines is 2. The van der Waals surface area contributed by atoms with E-state index in [-0.39, 0.29) is 30.4 Å². The summed E-state index contributed by atoms with van der Waals surface area (Å²) in [7, 11) is 0. The third-order valence-corrected chi connectivity index (χ3v) is 5.57. The zero-order valence-corrected chi connectivity index (χ0v) is 17.8. The van der Waals surface area contributed by atoms with E-state index in [4.69, 9.17) is 5.11 Å². The number of nitrogens with zero attached hydrogens (tertiary/aromatic N) is 2. The summed E-state index contributed by atoms with van der Waals surface area (Å²) in [6.07, 6.45) is 2.99. The van der Waals surface area contributed by atoms with Gasteiger partial charge in [0.25, 0.3) is 5.91 Å². The van der Waals surface area contributed by atoms with Crippen molar-refractivity contribution in [3.63, 3.8) is 0 Å². The molecule has 0 atom stereocenters. The molecular weight excluding hydrogens is 409 g/mol. The molecule has 0 saturated carbocycles. The van der Waals surface area contributed by atoms with Crippen LogP contribution in [0.4, 0.5) is 15.9 Å². The SMILES string of the molecule is CC(=O)c1cc(Cc2ccnc(N3CCc4c(C(=O)NCCO)cccc43)c2)ccc1F. The molecule has 1 aliphatic rings. The molecule has 0 saturated heterocycles. The van der Waals surface area contributed by atoms with E-state index < -0.39 is 5.82 Å². The molecule has 0 spiro atoms. The summed E-state index contributed by atoms with van der Waals surface area (Å²) in [5.41, 5.74) is 4.43. The Morgan fingerprint density at radius 2 is 1.94 bits per heavy atom. The number of rotatable bonds is 7. The molecule has 6 nitrogen and oxygen atoms in total. The van der Waals surface area contributed by atoms with Crippen LogP contribution in [0.1, 0.15) is 44.3 Å². The van der Waals surface area contributed by atoms with Gasteiger partial charge in [-0.1, -0.05) is 12.1 Å². The van der Waals surface area contributed by atoms with Gasteiger partial charge in [0, 0.05) is 30.5 Å². The lowest BCUT2D eigenvalue weighted by Crippen LogP contribution is -2.27. The highest BCUT2D eigenvalue weighted by atomic mass is 19.1. The number of Topliss-reactive ketones (excluding diaryl/α,β-unsaturated/α-hetero) is 1. The van der Waals surface area contributed by atoms with Crippen LogP contribution in [-0.4, -0.2) is 41.5 Å². The summed E-state index contributed by atoms with van der Waals surface area (Å²) in [4.78, 5) is 30.7. The molecule has 0 unspecified atom stereocenters. The molecule has 0 bridgehead atoms. The Balaban J connectivity index is 1.59. The normalized spacial score (nSPS) is 12.5. The number of carbonyl (C=O) groups excluding carboxylic acids is 2. The molecule has 2 aromatic carbocycles. The van der Waals surface area contributed by atoms with Gasteiger partial charge in [-0.3, -0.25) is 9.59 Å². The van der Waals surface area contributed by atoms with Crippen LogP contribution in [-0.2, 0) is 12.8 Å². The number of aliphatic hydroxyl groups excluding tert-OH is 1. The summed E-state index contributed by atoms with van der Waals surface area (Å²) in [5.74, 6) is -0.239. The first-order valence-corrected chi connectivity index (χ1v) is 10.5.